The van der Waals surface area contributed by atoms with Gasteiger partial charge in [-0.2, -0.15) is 10.2 Å². The van der Waals surface area contributed by atoms with Crippen LogP contribution in [0.4, 0.5) is 18.0 Å². The minimum absolute atomic E-state index is 0.0393. The average Bonchev–Trinajstić information content (AvgIpc) is 3.40. The molecule has 0 radical (unpaired) electrons. The largest absolute Gasteiger partial charge is 0.483 e. The molecule has 5 rings (SSSR count). The molecule has 2 aromatic heterocycles. The van der Waals surface area contributed by atoms with E-state index in [1.54, 1.807) is 13.8 Å². The number of carbonyl (C=O) groups is 1. The van der Waals surface area contributed by atoms with Crippen molar-refractivity contribution in [2.75, 3.05) is 13.1 Å². The highest BCUT2D eigenvalue weighted by molar-refractivity contribution is 5.79. The molecule has 4 heterocycles. The zero-order chi connectivity index (χ0) is 25.6. The van der Waals surface area contributed by atoms with Gasteiger partial charge in [0.25, 0.3) is 0 Å². The van der Waals surface area contributed by atoms with Gasteiger partial charge >= 0.3 is 6.03 Å². The number of amides is 2. The number of carbonyl (C=O) groups excluding carboxylic acids is 1. The highest BCUT2D eigenvalue weighted by Crippen LogP contribution is 2.32. The second kappa shape index (κ2) is 9.26. The van der Waals surface area contributed by atoms with Gasteiger partial charge in [-0.1, -0.05) is 0 Å². The number of ether oxygens (including phenoxy) is 1. The van der Waals surface area contributed by atoms with E-state index in [2.05, 4.69) is 15.2 Å². The number of urea groups is 1. The minimum atomic E-state index is -0.728. The highest BCUT2D eigenvalue weighted by atomic mass is 19.1. The molecule has 1 saturated heterocycles. The Morgan fingerprint density at radius 1 is 1.14 bits per heavy atom. The predicted molar refractivity (Wildman–Crippen MR) is 122 cm³/mol. The van der Waals surface area contributed by atoms with E-state index in [0.717, 1.165) is 12.3 Å². The van der Waals surface area contributed by atoms with Crippen molar-refractivity contribution in [1.82, 2.24) is 24.7 Å². The molecule has 36 heavy (non-hydrogen) atoms. The van der Waals surface area contributed by atoms with Crippen LogP contribution in [0.3, 0.4) is 0 Å². The van der Waals surface area contributed by atoms with E-state index in [4.69, 9.17) is 4.74 Å². The molecule has 1 fully saturated rings. The van der Waals surface area contributed by atoms with E-state index in [0.29, 0.717) is 34.8 Å². The summed E-state index contributed by atoms with van der Waals surface area (Å²) in [5.41, 5.74) is 2.30. The van der Waals surface area contributed by atoms with E-state index in [9.17, 15) is 23.1 Å². The van der Waals surface area contributed by atoms with Crippen LogP contribution in [-0.4, -0.2) is 61.2 Å². The summed E-state index contributed by atoms with van der Waals surface area (Å²) in [7, 11) is 0. The molecule has 0 unspecified atom stereocenters. The van der Waals surface area contributed by atoms with Crippen molar-refractivity contribution >= 4 is 12.2 Å². The van der Waals surface area contributed by atoms with Gasteiger partial charge in [-0.25, -0.2) is 32.6 Å². The molecule has 1 N–H and O–H groups in total. The number of hydrazone groups is 1. The van der Waals surface area contributed by atoms with Crippen LogP contribution in [-0.2, 0) is 6.61 Å². The van der Waals surface area contributed by atoms with Crippen LogP contribution in [0.5, 0.6) is 5.75 Å². The number of aliphatic hydroxyl groups excluding tert-OH is 1. The second-order valence-electron chi connectivity index (χ2n) is 8.72. The molecule has 0 saturated carbocycles. The van der Waals surface area contributed by atoms with Gasteiger partial charge in [0.05, 0.1) is 37.6 Å². The van der Waals surface area contributed by atoms with Crippen molar-refractivity contribution in [3.63, 3.8) is 0 Å². The highest BCUT2D eigenvalue weighted by Gasteiger charge is 2.39. The monoisotopic (exact) mass is 500 g/mol. The quantitative estimate of drug-likeness (QED) is 0.579. The van der Waals surface area contributed by atoms with Crippen LogP contribution < -0.4 is 4.74 Å². The third-order valence-corrected chi connectivity index (χ3v) is 6.33. The molecule has 1 aromatic carbocycles. The normalized spacial score (nSPS) is 17.6. The molecule has 1 atom stereocenters. The number of pyridine rings is 1. The summed E-state index contributed by atoms with van der Waals surface area (Å²) in [6, 6.07) is 3.50. The molecule has 2 aliphatic heterocycles. The Balaban J connectivity index is 1.25. The van der Waals surface area contributed by atoms with Gasteiger partial charge in [-0.05, 0) is 31.5 Å². The van der Waals surface area contributed by atoms with E-state index < -0.39 is 35.6 Å². The van der Waals surface area contributed by atoms with Crippen molar-refractivity contribution in [2.45, 2.75) is 39.0 Å². The Bertz CT molecular complexity index is 1330. The van der Waals surface area contributed by atoms with Gasteiger partial charge in [0, 0.05) is 36.0 Å². The topological polar surface area (TPSA) is 96.1 Å². The lowest BCUT2D eigenvalue weighted by Crippen LogP contribution is -2.58. The summed E-state index contributed by atoms with van der Waals surface area (Å²) in [4.78, 5) is 18.5. The Hall–Kier alpha value is -3.93. The fourth-order valence-electron chi connectivity index (χ4n) is 4.38. The first-order valence-electron chi connectivity index (χ1n) is 11.3. The SMILES string of the molecule is Cc1nn(-c2cc(OC3CN(C(=O)N4N=CC[C@H]4c4cc(F)cc(F)c4)C3)c(F)cn2)c(C)c1CO. The van der Waals surface area contributed by atoms with Gasteiger partial charge in [0.2, 0.25) is 0 Å². The van der Waals surface area contributed by atoms with E-state index >= 15 is 0 Å². The number of benzene rings is 1. The summed E-state index contributed by atoms with van der Waals surface area (Å²) in [5.74, 6) is -1.83. The molecule has 0 spiro atoms. The van der Waals surface area contributed by atoms with Crippen molar-refractivity contribution in [3.8, 4) is 11.6 Å². The van der Waals surface area contributed by atoms with Crippen LogP contribution in [0.15, 0.2) is 35.6 Å². The van der Waals surface area contributed by atoms with E-state index in [-0.39, 0.29) is 25.4 Å². The van der Waals surface area contributed by atoms with Crippen LogP contribution in [0.1, 0.15) is 35.0 Å². The van der Waals surface area contributed by atoms with Gasteiger partial charge in [-0.15, -0.1) is 0 Å². The van der Waals surface area contributed by atoms with Crippen LogP contribution in [0, 0.1) is 31.3 Å². The summed E-state index contributed by atoms with van der Waals surface area (Å²) in [5, 5.41) is 19.2. The predicted octanol–water partition coefficient (Wildman–Crippen LogP) is 3.41. The van der Waals surface area contributed by atoms with Crippen LogP contribution >= 0.6 is 0 Å². The minimum Gasteiger partial charge on any atom is -0.483 e. The number of rotatable bonds is 5. The Kier molecular flexibility index (Phi) is 6.12. The average molecular weight is 500 g/mol. The number of halogens is 3. The van der Waals surface area contributed by atoms with Crippen LogP contribution in [0.2, 0.25) is 0 Å². The smallest absolute Gasteiger partial charge is 0.341 e. The van der Waals surface area contributed by atoms with Gasteiger partial charge in [-0.3, -0.25) is 0 Å². The Morgan fingerprint density at radius 2 is 1.86 bits per heavy atom. The van der Waals surface area contributed by atoms with Gasteiger partial charge < -0.3 is 14.7 Å². The number of aromatic nitrogens is 3. The molecule has 0 aliphatic carbocycles. The number of hydrogen-bond acceptors (Lipinski definition) is 6. The molecule has 0 bridgehead atoms. The van der Waals surface area contributed by atoms with Crippen molar-refractivity contribution in [2.24, 2.45) is 5.10 Å². The summed E-state index contributed by atoms with van der Waals surface area (Å²) in [6.45, 7) is 3.72. The van der Waals surface area contributed by atoms with Crippen LogP contribution in [0.25, 0.3) is 5.82 Å². The Labute approximate surface area is 204 Å². The van der Waals surface area contributed by atoms with Crippen molar-refractivity contribution in [3.05, 3.63) is 70.4 Å². The lowest BCUT2D eigenvalue weighted by atomic mass is 10.0. The second-order valence-corrected chi connectivity index (χ2v) is 8.72. The fraction of sp³-hybridized carbons (Fsp3) is 0.333. The first-order valence-corrected chi connectivity index (χ1v) is 11.3. The summed E-state index contributed by atoms with van der Waals surface area (Å²) >= 11 is 0. The third-order valence-electron chi connectivity index (χ3n) is 6.33. The van der Waals surface area contributed by atoms with Gasteiger partial charge in [0.15, 0.2) is 17.4 Å². The molecule has 3 aromatic rings. The number of nitrogens with zero attached hydrogens (tertiary/aromatic N) is 6. The molecular formula is C24H23F3N6O3. The van der Waals surface area contributed by atoms with E-state index in [1.807, 2.05) is 0 Å². The Morgan fingerprint density at radius 3 is 2.53 bits per heavy atom. The maximum absolute atomic E-state index is 14.4. The lowest BCUT2D eigenvalue weighted by molar-refractivity contribution is 0.0256. The van der Waals surface area contributed by atoms with Gasteiger partial charge in [0.1, 0.15) is 17.7 Å². The van der Waals surface area contributed by atoms with E-state index in [1.165, 1.54) is 39.0 Å². The molecule has 2 aliphatic rings. The molecule has 2 amide bonds. The first kappa shape index (κ1) is 23.8. The van der Waals surface area contributed by atoms with Crippen molar-refractivity contribution < 1.29 is 27.8 Å². The molecule has 188 valence electrons. The van der Waals surface area contributed by atoms with Crippen molar-refractivity contribution in [1.29, 1.82) is 0 Å². The fourth-order valence-corrected chi connectivity index (χ4v) is 4.38. The molecular weight excluding hydrogens is 477 g/mol. The number of hydrogen-bond donors (Lipinski definition) is 1. The number of aryl methyl sites for hydroxylation is 1. The maximum Gasteiger partial charge on any atom is 0.341 e. The lowest BCUT2D eigenvalue weighted by Gasteiger charge is -2.41. The summed E-state index contributed by atoms with van der Waals surface area (Å²) < 4.78 is 49.1. The number of likely N-dealkylation sites (tertiary alicyclic amines) is 1. The maximum atomic E-state index is 14.4. The third kappa shape index (κ3) is 4.28. The molecule has 12 heteroatoms. The zero-order valence-corrected chi connectivity index (χ0v) is 19.5. The standard InChI is InChI=1S/C24H23F3N6O3/c1-13-19(12-34)14(2)32(30-13)23-8-22(20(27)9-28-23)36-18-10-31(11-18)24(35)33-21(3-4-29-33)15-5-16(25)7-17(26)6-15/h4-9,18,21,34H,3,10-12H2,1-2H3/t21-/m0/s1. The number of aliphatic hydroxyl groups is 1. The molecule has 9 nitrogen and oxygen atoms in total. The first-order chi connectivity index (χ1) is 17.2. The summed E-state index contributed by atoms with van der Waals surface area (Å²) in [6.07, 6.45) is 2.42. The zero-order valence-electron chi connectivity index (χ0n) is 19.5.